The van der Waals surface area contributed by atoms with Gasteiger partial charge in [0.15, 0.2) is 0 Å². The second-order valence-electron chi connectivity index (χ2n) is 4.67. The third-order valence-electron chi connectivity index (χ3n) is 2.51. The SMILES string of the molecule is CSCCCN(C)CCNCCCOC(C)C. The molecule has 0 aromatic carbocycles. The molecule has 0 amide bonds. The van der Waals surface area contributed by atoms with Crippen molar-refractivity contribution >= 4 is 11.8 Å². The van der Waals surface area contributed by atoms with Crippen molar-refractivity contribution in [2.24, 2.45) is 0 Å². The van der Waals surface area contributed by atoms with E-state index in [4.69, 9.17) is 4.74 Å². The molecule has 0 aromatic rings. The summed E-state index contributed by atoms with van der Waals surface area (Å²) in [7, 11) is 2.20. The lowest BCUT2D eigenvalue weighted by molar-refractivity contribution is 0.0770. The summed E-state index contributed by atoms with van der Waals surface area (Å²) in [4.78, 5) is 2.40. The summed E-state index contributed by atoms with van der Waals surface area (Å²) in [6, 6.07) is 0. The van der Waals surface area contributed by atoms with E-state index in [0.29, 0.717) is 6.10 Å². The van der Waals surface area contributed by atoms with E-state index in [2.05, 4.69) is 37.4 Å². The third-order valence-corrected chi connectivity index (χ3v) is 3.20. The monoisotopic (exact) mass is 262 g/mol. The van der Waals surface area contributed by atoms with Crippen LogP contribution in [0.1, 0.15) is 26.7 Å². The van der Waals surface area contributed by atoms with Crippen LogP contribution < -0.4 is 5.32 Å². The molecule has 0 heterocycles. The van der Waals surface area contributed by atoms with Gasteiger partial charge < -0.3 is 15.0 Å². The van der Waals surface area contributed by atoms with Crippen molar-refractivity contribution in [2.45, 2.75) is 32.8 Å². The van der Waals surface area contributed by atoms with Gasteiger partial charge in [0, 0.05) is 19.7 Å². The molecular weight excluding hydrogens is 232 g/mol. The highest BCUT2D eigenvalue weighted by atomic mass is 32.2. The van der Waals surface area contributed by atoms with Crippen LogP contribution in [0.3, 0.4) is 0 Å². The number of thioether (sulfide) groups is 1. The standard InChI is InChI=1S/C13H30N2OS/c1-13(2)16-11-5-7-14-8-10-15(3)9-6-12-17-4/h13-14H,5-12H2,1-4H3. The fourth-order valence-electron chi connectivity index (χ4n) is 1.50. The lowest BCUT2D eigenvalue weighted by Crippen LogP contribution is -2.31. The van der Waals surface area contributed by atoms with Gasteiger partial charge in [0.25, 0.3) is 0 Å². The van der Waals surface area contributed by atoms with Gasteiger partial charge in [-0.15, -0.1) is 0 Å². The van der Waals surface area contributed by atoms with E-state index in [9.17, 15) is 0 Å². The highest BCUT2D eigenvalue weighted by Crippen LogP contribution is 1.96. The highest BCUT2D eigenvalue weighted by Gasteiger charge is 1.97. The molecule has 0 saturated carbocycles. The number of rotatable bonds is 12. The number of nitrogens with one attached hydrogen (secondary N) is 1. The molecule has 0 aliphatic rings. The molecule has 17 heavy (non-hydrogen) atoms. The first-order valence-electron chi connectivity index (χ1n) is 6.66. The zero-order valence-electron chi connectivity index (χ0n) is 12.0. The molecule has 0 unspecified atom stereocenters. The summed E-state index contributed by atoms with van der Waals surface area (Å²) in [5.41, 5.74) is 0. The van der Waals surface area contributed by atoms with Crippen molar-refractivity contribution in [3.05, 3.63) is 0 Å². The number of likely N-dealkylation sites (N-methyl/N-ethyl adjacent to an activating group) is 1. The third kappa shape index (κ3) is 14.2. The second kappa shape index (κ2) is 12.7. The quantitative estimate of drug-likeness (QED) is 0.544. The van der Waals surface area contributed by atoms with Crippen LogP contribution in [-0.4, -0.2) is 62.8 Å². The van der Waals surface area contributed by atoms with Crippen molar-refractivity contribution in [3.8, 4) is 0 Å². The van der Waals surface area contributed by atoms with Gasteiger partial charge in [0.05, 0.1) is 6.10 Å². The van der Waals surface area contributed by atoms with E-state index < -0.39 is 0 Å². The molecule has 3 nitrogen and oxygen atoms in total. The molecule has 0 atom stereocenters. The molecule has 0 aliphatic carbocycles. The molecule has 0 rings (SSSR count). The molecule has 104 valence electrons. The molecule has 1 N–H and O–H groups in total. The first-order chi connectivity index (χ1) is 8.16. The van der Waals surface area contributed by atoms with Gasteiger partial charge in [0.1, 0.15) is 0 Å². The van der Waals surface area contributed by atoms with Crippen molar-refractivity contribution in [1.29, 1.82) is 0 Å². The molecule has 0 fully saturated rings. The summed E-state index contributed by atoms with van der Waals surface area (Å²) >= 11 is 1.93. The minimum atomic E-state index is 0.359. The summed E-state index contributed by atoms with van der Waals surface area (Å²) in [5.74, 6) is 1.27. The smallest absolute Gasteiger partial charge is 0.0518 e. The van der Waals surface area contributed by atoms with Gasteiger partial charge >= 0.3 is 0 Å². The van der Waals surface area contributed by atoms with Crippen molar-refractivity contribution < 1.29 is 4.74 Å². The van der Waals surface area contributed by atoms with E-state index in [1.165, 1.54) is 18.7 Å². The summed E-state index contributed by atoms with van der Waals surface area (Å²) < 4.78 is 5.48. The Hall–Kier alpha value is 0.230. The predicted octanol–water partition coefficient (Wildman–Crippen LogP) is 2.08. The fourth-order valence-corrected chi connectivity index (χ4v) is 1.92. The van der Waals surface area contributed by atoms with Crippen molar-refractivity contribution in [2.75, 3.05) is 51.8 Å². The van der Waals surface area contributed by atoms with Gasteiger partial charge in [-0.05, 0) is 58.8 Å². The molecule has 0 aromatic heterocycles. The minimum Gasteiger partial charge on any atom is -0.379 e. The summed E-state index contributed by atoms with van der Waals surface area (Å²) in [6.45, 7) is 9.52. The normalized spacial score (nSPS) is 11.6. The van der Waals surface area contributed by atoms with Gasteiger partial charge in [-0.3, -0.25) is 0 Å². The summed E-state index contributed by atoms with van der Waals surface area (Å²) in [6.07, 6.45) is 4.92. The van der Waals surface area contributed by atoms with Crippen molar-refractivity contribution in [1.82, 2.24) is 10.2 Å². The molecule has 0 spiro atoms. The van der Waals surface area contributed by atoms with E-state index in [0.717, 1.165) is 32.7 Å². The number of nitrogens with zero attached hydrogens (tertiary/aromatic N) is 1. The Labute approximate surface area is 112 Å². The topological polar surface area (TPSA) is 24.5 Å². The molecule has 0 bridgehead atoms. The first kappa shape index (κ1) is 17.2. The lowest BCUT2D eigenvalue weighted by atomic mass is 10.4. The predicted molar refractivity (Wildman–Crippen MR) is 79.1 cm³/mol. The van der Waals surface area contributed by atoms with Crippen LogP contribution in [0.4, 0.5) is 0 Å². The van der Waals surface area contributed by atoms with Gasteiger partial charge in [-0.2, -0.15) is 11.8 Å². The Bertz CT molecular complexity index is 156. The van der Waals surface area contributed by atoms with Crippen LogP contribution in [-0.2, 0) is 4.74 Å². The van der Waals surface area contributed by atoms with Crippen LogP contribution >= 0.6 is 11.8 Å². The van der Waals surface area contributed by atoms with E-state index >= 15 is 0 Å². The Kier molecular flexibility index (Phi) is 12.9. The number of hydrogen-bond donors (Lipinski definition) is 1. The maximum Gasteiger partial charge on any atom is 0.0518 e. The molecule has 4 heteroatoms. The Morgan fingerprint density at radius 1 is 1.18 bits per heavy atom. The zero-order chi connectivity index (χ0) is 12.9. The maximum absolute atomic E-state index is 5.48. The van der Waals surface area contributed by atoms with Crippen molar-refractivity contribution in [3.63, 3.8) is 0 Å². The van der Waals surface area contributed by atoms with Gasteiger partial charge in [-0.25, -0.2) is 0 Å². The van der Waals surface area contributed by atoms with Gasteiger partial charge in [-0.1, -0.05) is 0 Å². The Morgan fingerprint density at radius 2 is 1.94 bits per heavy atom. The van der Waals surface area contributed by atoms with E-state index in [-0.39, 0.29) is 0 Å². The minimum absolute atomic E-state index is 0.359. The van der Waals surface area contributed by atoms with Crippen LogP contribution in [0.2, 0.25) is 0 Å². The molecular formula is C13H30N2OS. The average molecular weight is 262 g/mol. The largest absolute Gasteiger partial charge is 0.379 e. The van der Waals surface area contributed by atoms with Crippen LogP contribution in [0.25, 0.3) is 0 Å². The van der Waals surface area contributed by atoms with Crippen LogP contribution in [0, 0.1) is 0 Å². The first-order valence-corrected chi connectivity index (χ1v) is 8.06. The van der Waals surface area contributed by atoms with Gasteiger partial charge in [0.2, 0.25) is 0 Å². The Balaban J connectivity index is 3.11. The molecule has 0 radical (unpaired) electrons. The number of hydrogen-bond acceptors (Lipinski definition) is 4. The van der Waals surface area contributed by atoms with Crippen LogP contribution in [0.5, 0.6) is 0 Å². The highest BCUT2D eigenvalue weighted by molar-refractivity contribution is 7.98. The molecule has 0 aliphatic heterocycles. The maximum atomic E-state index is 5.48. The molecule has 0 saturated heterocycles. The van der Waals surface area contributed by atoms with E-state index in [1.54, 1.807) is 0 Å². The zero-order valence-corrected chi connectivity index (χ0v) is 12.8. The Morgan fingerprint density at radius 3 is 2.59 bits per heavy atom. The summed E-state index contributed by atoms with van der Waals surface area (Å²) in [5, 5.41) is 3.45. The average Bonchev–Trinajstić information content (AvgIpc) is 2.28. The second-order valence-corrected chi connectivity index (χ2v) is 5.66. The number of ether oxygens (including phenoxy) is 1. The fraction of sp³-hybridized carbons (Fsp3) is 1.00. The van der Waals surface area contributed by atoms with Crippen LogP contribution in [0.15, 0.2) is 0 Å². The van der Waals surface area contributed by atoms with E-state index in [1.807, 2.05) is 11.8 Å². The lowest BCUT2D eigenvalue weighted by Gasteiger charge is -2.16.